The van der Waals surface area contributed by atoms with Crippen LogP contribution in [0.4, 0.5) is 11.5 Å². The number of aromatic nitrogens is 1. The van der Waals surface area contributed by atoms with Gasteiger partial charge in [0.15, 0.2) is 0 Å². The van der Waals surface area contributed by atoms with E-state index in [0.29, 0.717) is 12.1 Å². The lowest BCUT2D eigenvalue weighted by atomic mass is 10.1. The first-order chi connectivity index (χ1) is 12.1. The average Bonchev–Trinajstić information content (AvgIpc) is 2.65. The summed E-state index contributed by atoms with van der Waals surface area (Å²) in [7, 11) is 3.87. The van der Waals surface area contributed by atoms with E-state index in [1.54, 1.807) is 6.20 Å². The van der Waals surface area contributed by atoms with Gasteiger partial charge in [0.1, 0.15) is 5.82 Å². The molecule has 0 saturated heterocycles. The fraction of sp³-hybridized carbons (Fsp3) is 0.238. The van der Waals surface area contributed by atoms with E-state index >= 15 is 0 Å². The standard InChI is InChI=1S/C21H23N3O/c1-4-14-24(19-11-7-9-16-8-5-6-10-18(16)19)21(25)17-12-13-20(22-15-17)23(2)3/h5-13,15H,4,14H2,1-3H3. The van der Waals surface area contributed by atoms with Crippen molar-refractivity contribution in [1.82, 2.24) is 4.98 Å². The number of fused-ring (bicyclic) bond motifs is 1. The lowest BCUT2D eigenvalue weighted by Crippen LogP contribution is -2.32. The number of benzene rings is 2. The molecular formula is C21H23N3O. The number of rotatable bonds is 5. The van der Waals surface area contributed by atoms with Crippen molar-refractivity contribution in [3.05, 3.63) is 66.4 Å². The Hall–Kier alpha value is -2.88. The fourth-order valence-electron chi connectivity index (χ4n) is 2.93. The van der Waals surface area contributed by atoms with Crippen molar-refractivity contribution in [2.24, 2.45) is 0 Å². The van der Waals surface area contributed by atoms with Gasteiger partial charge in [-0.25, -0.2) is 4.98 Å². The molecule has 1 amide bonds. The lowest BCUT2D eigenvalue weighted by molar-refractivity contribution is 0.0987. The van der Waals surface area contributed by atoms with Crippen LogP contribution in [0.2, 0.25) is 0 Å². The monoisotopic (exact) mass is 333 g/mol. The van der Waals surface area contributed by atoms with Crippen molar-refractivity contribution < 1.29 is 4.79 Å². The SMILES string of the molecule is CCCN(C(=O)c1ccc(N(C)C)nc1)c1cccc2ccccc12. The highest BCUT2D eigenvalue weighted by Crippen LogP contribution is 2.28. The fourth-order valence-corrected chi connectivity index (χ4v) is 2.93. The zero-order chi connectivity index (χ0) is 17.8. The summed E-state index contributed by atoms with van der Waals surface area (Å²) in [5.41, 5.74) is 1.55. The highest BCUT2D eigenvalue weighted by molar-refractivity contribution is 6.10. The quantitative estimate of drug-likeness (QED) is 0.696. The Labute approximate surface area is 148 Å². The third-order valence-corrected chi connectivity index (χ3v) is 4.20. The molecule has 4 nitrogen and oxygen atoms in total. The van der Waals surface area contributed by atoms with Crippen molar-refractivity contribution in [3.63, 3.8) is 0 Å². The molecule has 0 aliphatic rings. The van der Waals surface area contributed by atoms with Gasteiger partial charge in [0.2, 0.25) is 0 Å². The summed E-state index contributed by atoms with van der Waals surface area (Å²) >= 11 is 0. The maximum atomic E-state index is 13.1. The first-order valence-corrected chi connectivity index (χ1v) is 8.55. The van der Waals surface area contributed by atoms with Crippen molar-refractivity contribution in [2.45, 2.75) is 13.3 Å². The zero-order valence-electron chi connectivity index (χ0n) is 14.9. The molecule has 0 bridgehead atoms. The van der Waals surface area contributed by atoms with Crippen LogP contribution in [0.3, 0.4) is 0 Å². The number of nitrogens with zero attached hydrogens (tertiary/aromatic N) is 3. The molecular weight excluding hydrogens is 310 g/mol. The minimum Gasteiger partial charge on any atom is -0.363 e. The molecule has 3 aromatic rings. The molecule has 0 aliphatic carbocycles. The second-order valence-electron chi connectivity index (χ2n) is 6.25. The largest absolute Gasteiger partial charge is 0.363 e. The second-order valence-corrected chi connectivity index (χ2v) is 6.25. The van der Waals surface area contributed by atoms with E-state index < -0.39 is 0 Å². The minimum absolute atomic E-state index is 0.0176. The molecule has 0 aliphatic heterocycles. The van der Waals surface area contributed by atoms with Crippen LogP contribution in [-0.2, 0) is 0 Å². The Bertz CT molecular complexity index is 866. The van der Waals surface area contributed by atoms with Gasteiger partial charge in [0.25, 0.3) is 5.91 Å². The van der Waals surface area contributed by atoms with Crippen LogP contribution in [0, 0.1) is 0 Å². The molecule has 0 fully saturated rings. The van der Waals surface area contributed by atoms with E-state index in [4.69, 9.17) is 0 Å². The summed E-state index contributed by atoms with van der Waals surface area (Å²) in [5.74, 6) is 0.819. The number of hydrogen-bond donors (Lipinski definition) is 0. The van der Waals surface area contributed by atoms with Gasteiger partial charge in [-0.1, -0.05) is 43.3 Å². The third kappa shape index (κ3) is 3.48. The van der Waals surface area contributed by atoms with Crippen molar-refractivity contribution >= 4 is 28.2 Å². The van der Waals surface area contributed by atoms with Crippen LogP contribution in [0.1, 0.15) is 23.7 Å². The summed E-state index contributed by atoms with van der Waals surface area (Å²) in [6.07, 6.45) is 2.55. The van der Waals surface area contributed by atoms with Gasteiger partial charge in [-0.2, -0.15) is 0 Å². The zero-order valence-corrected chi connectivity index (χ0v) is 14.9. The Morgan fingerprint density at radius 1 is 1.00 bits per heavy atom. The maximum absolute atomic E-state index is 13.1. The molecule has 3 rings (SSSR count). The van der Waals surface area contributed by atoms with E-state index in [2.05, 4.69) is 30.1 Å². The summed E-state index contributed by atoms with van der Waals surface area (Å²) in [6, 6.07) is 18.0. The molecule has 1 aromatic heterocycles. The number of anilines is 2. The van der Waals surface area contributed by atoms with Gasteiger partial charge in [0, 0.05) is 32.2 Å². The molecule has 25 heavy (non-hydrogen) atoms. The summed E-state index contributed by atoms with van der Waals surface area (Å²) in [5, 5.41) is 2.22. The highest BCUT2D eigenvalue weighted by atomic mass is 16.2. The predicted octanol–water partition coefficient (Wildman–Crippen LogP) is 4.36. The first kappa shape index (κ1) is 17.0. The Morgan fingerprint density at radius 2 is 1.76 bits per heavy atom. The van der Waals surface area contributed by atoms with Gasteiger partial charge >= 0.3 is 0 Å². The van der Waals surface area contributed by atoms with Crippen molar-refractivity contribution in [2.75, 3.05) is 30.4 Å². The van der Waals surface area contributed by atoms with E-state index in [1.165, 1.54) is 0 Å². The lowest BCUT2D eigenvalue weighted by Gasteiger charge is -2.24. The van der Waals surface area contributed by atoms with Gasteiger partial charge in [-0.3, -0.25) is 4.79 Å². The molecule has 0 saturated carbocycles. The van der Waals surface area contributed by atoms with E-state index in [0.717, 1.165) is 28.7 Å². The Balaban J connectivity index is 2.01. The highest BCUT2D eigenvalue weighted by Gasteiger charge is 2.19. The number of carbonyl (C=O) groups is 1. The molecule has 0 unspecified atom stereocenters. The normalized spacial score (nSPS) is 10.7. The molecule has 0 N–H and O–H groups in total. The van der Waals surface area contributed by atoms with Crippen molar-refractivity contribution in [3.8, 4) is 0 Å². The molecule has 2 aromatic carbocycles. The first-order valence-electron chi connectivity index (χ1n) is 8.55. The van der Waals surface area contributed by atoms with E-state index in [-0.39, 0.29) is 5.91 Å². The minimum atomic E-state index is -0.0176. The average molecular weight is 333 g/mol. The Kier molecular flexibility index (Phi) is 4.98. The van der Waals surface area contributed by atoms with Crippen LogP contribution in [0.25, 0.3) is 10.8 Å². The molecule has 0 spiro atoms. The molecule has 0 radical (unpaired) electrons. The van der Waals surface area contributed by atoms with Crippen LogP contribution in [0.5, 0.6) is 0 Å². The van der Waals surface area contributed by atoms with E-state index in [1.807, 2.05) is 60.3 Å². The van der Waals surface area contributed by atoms with Crippen molar-refractivity contribution in [1.29, 1.82) is 0 Å². The molecule has 128 valence electrons. The van der Waals surface area contributed by atoms with Crippen LogP contribution in [-0.4, -0.2) is 31.5 Å². The summed E-state index contributed by atoms with van der Waals surface area (Å²) < 4.78 is 0. The summed E-state index contributed by atoms with van der Waals surface area (Å²) in [6.45, 7) is 2.75. The van der Waals surface area contributed by atoms with E-state index in [9.17, 15) is 4.79 Å². The van der Waals surface area contributed by atoms with Crippen LogP contribution < -0.4 is 9.80 Å². The van der Waals surface area contributed by atoms with Gasteiger partial charge in [0.05, 0.1) is 11.3 Å². The summed E-state index contributed by atoms with van der Waals surface area (Å²) in [4.78, 5) is 21.3. The Morgan fingerprint density at radius 3 is 2.44 bits per heavy atom. The maximum Gasteiger partial charge on any atom is 0.259 e. The molecule has 0 atom stereocenters. The smallest absolute Gasteiger partial charge is 0.259 e. The molecule has 4 heteroatoms. The van der Waals surface area contributed by atoms with Crippen LogP contribution in [0.15, 0.2) is 60.8 Å². The number of hydrogen-bond acceptors (Lipinski definition) is 3. The van der Waals surface area contributed by atoms with Gasteiger partial charge in [-0.05, 0) is 30.0 Å². The number of amides is 1. The number of carbonyl (C=O) groups excluding carboxylic acids is 1. The topological polar surface area (TPSA) is 36.4 Å². The second kappa shape index (κ2) is 7.34. The van der Waals surface area contributed by atoms with Crippen LogP contribution >= 0.6 is 0 Å². The molecule has 1 heterocycles. The van der Waals surface area contributed by atoms with Gasteiger partial charge in [-0.15, -0.1) is 0 Å². The van der Waals surface area contributed by atoms with Gasteiger partial charge < -0.3 is 9.80 Å². The third-order valence-electron chi connectivity index (χ3n) is 4.20. The number of pyridine rings is 1. The predicted molar refractivity (Wildman–Crippen MR) is 104 cm³/mol.